The number of hydrogen-bond donors (Lipinski definition) is 1. The van der Waals surface area contributed by atoms with Crippen LogP contribution in [0.2, 0.25) is 0 Å². The molecule has 1 aromatic rings. The van der Waals surface area contributed by atoms with Crippen molar-refractivity contribution in [2.24, 2.45) is 5.92 Å². The fourth-order valence-electron chi connectivity index (χ4n) is 2.59. The summed E-state index contributed by atoms with van der Waals surface area (Å²) in [7, 11) is 0. The van der Waals surface area contributed by atoms with Crippen LogP contribution in [0.5, 0.6) is 5.75 Å². The van der Waals surface area contributed by atoms with Crippen molar-refractivity contribution in [3.8, 4) is 5.75 Å². The first-order valence-electron chi connectivity index (χ1n) is 6.69. The van der Waals surface area contributed by atoms with Gasteiger partial charge in [-0.1, -0.05) is 31.5 Å². The Bertz CT molecular complexity index is 414. The molecule has 0 radical (unpaired) electrons. The number of carboxylic acids is 1. The zero-order chi connectivity index (χ0) is 13.0. The molecule has 1 aliphatic carbocycles. The van der Waals surface area contributed by atoms with Crippen molar-refractivity contribution in [1.29, 1.82) is 0 Å². The minimum Gasteiger partial charge on any atom is -0.489 e. The van der Waals surface area contributed by atoms with Crippen LogP contribution in [0.15, 0.2) is 24.3 Å². The average molecular weight is 248 g/mol. The highest BCUT2D eigenvalue weighted by Crippen LogP contribution is 2.30. The van der Waals surface area contributed by atoms with Gasteiger partial charge in [-0.2, -0.15) is 0 Å². The summed E-state index contributed by atoms with van der Waals surface area (Å²) in [5, 5.41) is 9.23. The molecule has 1 saturated carbocycles. The SMILES string of the molecule is CCc1ccccc1OC1CCCCC1C(=O)O. The summed E-state index contributed by atoms with van der Waals surface area (Å²) in [5.74, 6) is -0.240. The van der Waals surface area contributed by atoms with Gasteiger partial charge in [-0.25, -0.2) is 0 Å². The third kappa shape index (κ3) is 2.84. The molecule has 2 unspecified atom stereocenters. The molecule has 0 heterocycles. The van der Waals surface area contributed by atoms with E-state index in [4.69, 9.17) is 4.74 Å². The van der Waals surface area contributed by atoms with Gasteiger partial charge in [0.15, 0.2) is 0 Å². The molecular formula is C15H20O3. The largest absolute Gasteiger partial charge is 0.489 e. The van der Waals surface area contributed by atoms with Gasteiger partial charge in [-0.05, 0) is 37.3 Å². The fraction of sp³-hybridized carbons (Fsp3) is 0.533. The highest BCUT2D eigenvalue weighted by atomic mass is 16.5. The molecule has 0 aromatic heterocycles. The molecule has 0 spiro atoms. The normalized spacial score (nSPS) is 23.6. The van der Waals surface area contributed by atoms with Crippen molar-refractivity contribution in [3.63, 3.8) is 0 Å². The number of benzene rings is 1. The van der Waals surface area contributed by atoms with Crippen molar-refractivity contribution in [3.05, 3.63) is 29.8 Å². The third-order valence-electron chi connectivity index (χ3n) is 3.65. The maximum absolute atomic E-state index is 11.2. The average Bonchev–Trinajstić information content (AvgIpc) is 2.40. The van der Waals surface area contributed by atoms with Crippen LogP contribution >= 0.6 is 0 Å². The van der Waals surface area contributed by atoms with E-state index in [9.17, 15) is 9.90 Å². The fourth-order valence-corrected chi connectivity index (χ4v) is 2.59. The Balaban J connectivity index is 2.13. The smallest absolute Gasteiger partial charge is 0.310 e. The van der Waals surface area contributed by atoms with E-state index >= 15 is 0 Å². The topological polar surface area (TPSA) is 46.5 Å². The lowest BCUT2D eigenvalue weighted by atomic mass is 9.86. The summed E-state index contributed by atoms with van der Waals surface area (Å²) in [6, 6.07) is 7.90. The Morgan fingerprint density at radius 3 is 2.78 bits per heavy atom. The standard InChI is InChI=1S/C15H20O3/c1-2-11-7-3-5-9-13(11)18-14-10-6-4-8-12(14)15(16)17/h3,5,7,9,12,14H,2,4,6,8,10H2,1H3,(H,16,17). The van der Waals surface area contributed by atoms with Crippen molar-refractivity contribution in [2.45, 2.75) is 45.1 Å². The number of aliphatic carboxylic acids is 1. The number of ether oxygens (including phenoxy) is 1. The lowest BCUT2D eigenvalue weighted by Gasteiger charge is -2.29. The van der Waals surface area contributed by atoms with Gasteiger partial charge in [0.1, 0.15) is 11.9 Å². The van der Waals surface area contributed by atoms with Gasteiger partial charge in [-0.15, -0.1) is 0 Å². The molecule has 0 saturated heterocycles. The van der Waals surface area contributed by atoms with Crippen LogP contribution in [-0.4, -0.2) is 17.2 Å². The molecule has 98 valence electrons. The monoisotopic (exact) mass is 248 g/mol. The van der Waals surface area contributed by atoms with E-state index in [0.717, 1.165) is 43.4 Å². The first-order valence-corrected chi connectivity index (χ1v) is 6.69. The van der Waals surface area contributed by atoms with E-state index in [2.05, 4.69) is 6.92 Å². The zero-order valence-electron chi connectivity index (χ0n) is 10.8. The second kappa shape index (κ2) is 5.89. The van der Waals surface area contributed by atoms with Crippen LogP contribution in [0.25, 0.3) is 0 Å². The summed E-state index contributed by atoms with van der Waals surface area (Å²) in [5.41, 5.74) is 1.15. The molecule has 0 bridgehead atoms. The Labute approximate surface area is 108 Å². The molecule has 18 heavy (non-hydrogen) atoms. The van der Waals surface area contributed by atoms with Crippen LogP contribution < -0.4 is 4.74 Å². The molecule has 1 aromatic carbocycles. The summed E-state index contributed by atoms with van der Waals surface area (Å²) in [4.78, 5) is 11.2. The number of aryl methyl sites for hydroxylation is 1. The number of para-hydroxylation sites is 1. The first kappa shape index (κ1) is 12.9. The van der Waals surface area contributed by atoms with Crippen molar-refractivity contribution >= 4 is 5.97 Å². The van der Waals surface area contributed by atoms with Gasteiger partial charge in [0.2, 0.25) is 0 Å². The maximum atomic E-state index is 11.2. The quantitative estimate of drug-likeness (QED) is 0.889. The molecule has 0 amide bonds. The molecule has 1 fully saturated rings. The minimum absolute atomic E-state index is 0.177. The van der Waals surface area contributed by atoms with Crippen LogP contribution in [0.3, 0.4) is 0 Å². The van der Waals surface area contributed by atoms with Gasteiger partial charge in [-0.3, -0.25) is 4.79 Å². The van der Waals surface area contributed by atoms with Crippen LogP contribution in [0.1, 0.15) is 38.2 Å². The molecule has 3 nitrogen and oxygen atoms in total. The van der Waals surface area contributed by atoms with Crippen molar-refractivity contribution < 1.29 is 14.6 Å². The van der Waals surface area contributed by atoms with E-state index in [-0.39, 0.29) is 12.0 Å². The number of carbonyl (C=O) groups is 1. The molecule has 1 aliphatic rings. The molecule has 1 N–H and O–H groups in total. The van der Waals surface area contributed by atoms with Crippen LogP contribution in [-0.2, 0) is 11.2 Å². The van der Waals surface area contributed by atoms with E-state index in [0.29, 0.717) is 0 Å². The molecule has 2 atom stereocenters. The Hall–Kier alpha value is -1.51. The van der Waals surface area contributed by atoms with E-state index in [1.807, 2.05) is 24.3 Å². The van der Waals surface area contributed by atoms with Gasteiger partial charge in [0.25, 0.3) is 0 Å². The molecular weight excluding hydrogens is 228 g/mol. The van der Waals surface area contributed by atoms with Crippen LogP contribution in [0, 0.1) is 5.92 Å². The van der Waals surface area contributed by atoms with Crippen molar-refractivity contribution in [1.82, 2.24) is 0 Å². The lowest BCUT2D eigenvalue weighted by molar-refractivity contribution is -0.146. The number of carboxylic acid groups (broad SMARTS) is 1. The van der Waals surface area contributed by atoms with Gasteiger partial charge < -0.3 is 9.84 Å². The Kier molecular flexibility index (Phi) is 4.24. The van der Waals surface area contributed by atoms with E-state index < -0.39 is 5.97 Å². The van der Waals surface area contributed by atoms with Gasteiger partial charge >= 0.3 is 5.97 Å². The first-order chi connectivity index (χ1) is 8.72. The summed E-state index contributed by atoms with van der Waals surface area (Å²) >= 11 is 0. The van der Waals surface area contributed by atoms with Crippen molar-refractivity contribution in [2.75, 3.05) is 0 Å². The van der Waals surface area contributed by atoms with E-state index in [1.165, 1.54) is 0 Å². The van der Waals surface area contributed by atoms with Gasteiger partial charge in [0, 0.05) is 0 Å². The second-order valence-corrected chi connectivity index (χ2v) is 4.85. The summed E-state index contributed by atoms with van der Waals surface area (Å²) in [6.07, 6.45) is 4.35. The molecule has 2 rings (SSSR count). The Morgan fingerprint density at radius 1 is 1.33 bits per heavy atom. The highest BCUT2D eigenvalue weighted by molar-refractivity contribution is 5.70. The molecule has 0 aliphatic heterocycles. The highest BCUT2D eigenvalue weighted by Gasteiger charge is 2.32. The van der Waals surface area contributed by atoms with E-state index in [1.54, 1.807) is 0 Å². The maximum Gasteiger partial charge on any atom is 0.310 e. The summed E-state index contributed by atoms with van der Waals surface area (Å²) in [6.45, 7) is 2.08. The predicted molar refractivity (Wildman–Crippen MR) is 69.8 cm³/mol. The molecule has 3 heteroatoms. The third-order valence-corrected chi connectivity index (χ3v) is 3.65. The zero-order valence-corrected chi connectivity index (χ0v) is 10.8. The van der Waals surface area contributed by atoms with Crippen LogP contribution in [0.4, 0.5) is 0 Å². The lowest BCUT2D eigenvalue weighted by Crippen LogP contribution is -2.35. The number of rotatable bonds is 4. The van der Waals surface area contributed by atoms with Gasteiger partial charge in [0.05, 0.1) is 5.92 Å². The summed E-state index contributed by atoms with van der Waals surface area (Å²) < 4.78 is 5.97. The number of hydrogen-bond acceptors (Lipinski definition) is 2. The second-order valence-electron chi connectivity index (χ2n) is 4.85. The Morgan fingerprint density at radius 2 is 2.06 bits per heavy atom. The minimum atomic E-state index is -0.728. The predicted octanol–water partition coefficient (Wildman–Crippen LogP) is 3.27.